The SMILES string of the molecule is Cc1ccc(CNCCS(=O)(=O)N2CCc3ccccc32)o1. The smallest absolute Gasteiger partial charge is 0.236 e. The van der Waals surface area contributed by atoms with Gasteiger partial charge in [-0.1, -0.05) is 18.2 Å². The molecular weight excluding hydrogens is 300 g/mol. The Kier molecular flexibility index (Phi) is 4.22. The Morgan fingerprint density at radius 2 is 2.05 bits per heavy atom. The van der Waals surface area contributed by atoms with Crippen LogP contribution in [0, 0.1) is 6.92 Å². The number of hydrogen-bond acceptors (Lipinski definition) is 4. The van der Waals surface area contributed by atoms with Gasteiger partial charge in [0, 0.05) is 13.1 Å². The van der Waals surface area contributed by atoms with Crippen LogP contribution in [0.2, 0.25) is 0 Å². The summed E-state index contributed by atoms with van der Waals surface area (Å²) in [4.78, 5) is 0. The summed E-state index contributed by atoms with van der Waals surface area (Å²) >= 11 is 0. The Balaban J connectivity index is 1.56. The van der Waals surface area contributed by atoms with Crippen molar-refractivity contribution in [3.63, 3.8) is 0 Å². The molecule has 0 saturated heterocycles. The van der Waals surface area contributed by atoms with Crippen molar-refractivity contribution in [2.75, 3.05) is 23.1 Å². The topological polar surface area (TPSA) is 62.6 Å². The molecule has 22 heavy (non-hydrogen) atoms. The highest BCUT2D eigenvalue weighted by Gasteiger charge is 2.28. The minimum absolute atomic E-state index is 0.0844. The van der Waals surface area contributed by atoms with Crippen molar-refractivity contribution in [1.82, 2.24) is 5.32 Å². The van der Waals surface area contributed by atoms with Crippen molar-refractivity contribution < 1.29 is 12.8 Å². The third kappa shape index (κ3) is 3.18. The van der Waals surface area contributed by atoms with E-state index in [1.54, 1.807) is 0 Å². The zero-order valence-electron chi connectivity index (χ0n) is 12.6. The fraction of sp³-hybridized carbons (Fsp3) is 0.375. The summed E-state index contributed by atoms with van der Waals surface area (Å²) in [5, 5.41) is 3.12. The highest BCUT2D eigenvalue weighted by atomic mass is 32.2. The van der Waals surface area contributed by atoms with Gasteiger partial charge < -0.3 is 9.73 Å². The van der Waals surface area contributed by atoms with Gasteiger partial charge in [-0.3, -0.25) is 4.31 Å². The number of anilines is 1. The molecule has 2 aromatic rings. The van der Waals surface area contributed by atoms with E-state index in [0.717, 1.165) is 29.2 Å². The average Bonchev–Trinajstić information content (AvgIpc) is 3.10. The molecule has 118 valence electrons. The summed E-state index contributed by atoms with van der Waals surface area (Å²) in [6, 6.07) is 11.5. The van der Waals surface area contributed by atoms with Gasteiger partial charge in [0.15, 0.2) is 0 Å². The maximum Gasteiger partial charge on any atom is 0.236 e. The first-order valence-corrected chi connectivity index (χ1v) is 9.01. The van der Waals surface area contributed by atoms with E-state index in [1.807, 2.05) is 43.3 Å². The summed E-state index contributed by atoms with van der Waals surface area (Å²) in [6.07, 6.45) is 0.786. The van der Waals surface area contributed by atoms with Gasteiger partial charge in [0.1, 0.15) is 11.5 Å². The van der Waals surface area contributed by atoms with Gasteiger partial charge in [-0.2, -0.15) is 0 Å². The van der Waals surface area contributed by atoms with Gasteiger partial charge >= 0.3 is 0 Å². The Labute approximate surface area is 131 Å². The molecule has 0 unspecified atom stereocenters. The van der Waals surface area contributed by atoms with Crippen LogP contribution in [0.3, 0.4) is 0 Å². The largest absolute Gasteiger partial charge is 0.465 e. The Morgan fingerprint density at radius 1 is 1.23 bits per heavy atom. The zero-order valence-corrected chi connectivity index (χ0v) is 13.4. The lowest BCUT2D eigenvalue weighted by atomic mass is 10.2. The van der Waals surface area contributed by atoms with E-state index >= 15 is 0 Å². The molecule has 0 amide bonds. The van der Waals surface area contributed by atoms with Crippen LogP contribution < -0.4 is 9.62 Å². The summed E-state index contributed by atoms with van der Waals surface area (Å²) in [7, 11) is -3.28. The number of nitrogens with one attached hydrogen (secondary N) is 1. The maximum absolute atomic E-state index is 12.5. The van der Waals surface area contributed by atoms with E-state index in [-0.39, 0.29) is 5.75 Å². The van der Waals surface area contributed by atoms with E-state index in [4.69, 9.17) is 4.42 Å². The molecule has 1 aliphatic rings. The number of benzene rings is 1. The number of sulfonamides is 1. The van der Waals surface area contributed by atoms with Gasteiger partial charge in [0.2, 0.25) is 10.0 Å². The molecule has 0 radical (unpaired) electrons. The summed E-state index contributed by atoms with van der Waals surface area (Å²) in [5.74, 6) is 1.76. The molecule has 0 atom stereocenters. The van der Waals surface area contributed by atoms with Crippen molar-refractivity contribution in [3.8, 4) is 0 Å². The van der Waals surface area contributed by atoms with E-state index < -0.39 is 10.0 Å². The minimum Gasteiger partial charge on any atom is -0.465 e. The molecule has 3 rings (SSSR count). The first-order valence-electron chi connectivity index (χ1n) is 7.40. The first kappa shape index (κ1) is 15.1. The van der Waals surface area contributed by atoms with Crippen molar-refractivity contribution in [2.45, 2.75) is 19.9 Å². The van der Waals surface area contributed by atoms with Gasteiger partial charge in [-0.15, -0.1) is 0 Å². The lowest BCUT2D eigenvalue weighted by molar-refractivity contribution is 0.465. The number of furan rings is 1. The number of rotatable bonds is 6. The second kappa shape index (κ2) is 6.14. The predicted octanol–water partition coefficient (Wildman–Crippen LogP) is 2.07. The Bertz CT molecular complexity index is 752. The fourth-order valence-electron chi connectivity index (χ4n) is 2.70. The third-order valence-corrected chi connectivity index (χ3v) is 5.58. The van der Waals surface area contributed by atoms with Crippen molar-refractivity contribution >= 4 is 15.7 Å². The minimum atomic E-state index is -3.28. The van der Waals surface area contributed by atoms with Crippen LogP contribution in [0.4, 0.5) is 5.69 Å². The summed E-state index contributed by atoms with van der Waals surface area (Å²) in [5.41, 5.74) is 1.93. The van der Waals surface area contributed by atoms with E-state index in [1.165, 1.54) is 4.31 Å². The van der Waals surface area contributed by atoms with Crippen LogP contribution in [0.25, 0.3) is 0 Å². The van der Waals surface area contributed by atoms with Crippen LogP contribution >= 0.6 is 0 Å². The average molecular weight is 320 g/mol. The second-order valence-electron chi connectivity index (χ2n) is 5.46. The van der Waals surface area contributed by atoms with Gasteiger partial charge in [0.25, 0.3) is 0 Å². The van der Waals surface area contributed by atoms with Crippen LogP contribution in [-0.4, -0.2) is 27.3 Å². The van der Waals surface area contributed by atoms with Crippen LogP contribution in [-0.2, 0) is 23.0 Å². The van der Waals surface area contributed by atoms with E-state index in [0.29, 0.717) is 19.6 Å². The number of nitrogens with zero attached hydrogens (tertiary/aromatic N) is 1. The number of aryl methyl sites for hydroxylation is 1. The number of fused-ring (bicyclic) bond motifs is 1. The molecule has 0 aliphatic carbocycles. The Morgan fingerprint density at radius 3 is 2.82 bits per heavy atom. The summed E-state index contributed by atoms with van der Waals surface area (Å²) in [6.45, 7) is 3.37. The highest BCUT2D eigenvalue weighted by Crippen LogP contribution is 2.29. The van der Waals surface area contributed by atoms with Crippen LogP contribution in [0.5, 0.6) is 0 Å². The van der Waals surface area contributed by atoms with Gasteiger partial charge in [-0.25, -0.2) is 8.42 Å². The standard InChI is InChI=1S/C16H20N2O3S/c1-13-6-7-15(21-13)12-17-9-11-22(19,20)18-10-8-14-4-2-3-5-16(14)18/h2-7,17H,8-12H2,1H3. The molecule has 6 heteroatoms. The third-order valence-electron chi connectivity index (χ3n) is 3.81. The molecule has 0 spiro atoms. The molecule has 0 fully saturated rings. The maximum atomic E-state index is 12.5. The van der Waals surface area contributed by atoms with Crippen LogP contribution in [0.15, 0.2) is 40.8 Å². The number of para-hydroxylation sites is 1. The lowest BCUT2D eigenvalue weighted by Gasteiger charge is -2.19. The monoisotopic (exact) mass is 320 g/mol. The summed E-state index contributed by atoms with van der Waals surface area (Å²) < 4.78 is 31.9. The molecule has 1 aromatic heterocycles. The predicted molar refractivity (Wildman–Crippen MR) is 86.4 cm³/mol. The molecule has 1 N–H and O–H groups in total. The van der Waals surface area contributed by atoms with Crippen LogP contribution in [0.1, 0.15) is 17.1 Å². The zero-order chi connectivity index (χ0) is 15.6. The first-order chi connectivity index (χ1) is 10.6. The quantitative estimate of drug-likeness (QED) is 0.828. The molecule has 1 aliphatic heterocycles. The molecule has 1 aromatic carbocycles. The molecular formula is C16H20N2O3S. The van der Waals surface area contributed by atoms with Gasteiger partial charge in [0.05, 0.1) is 18.0 Å². The lowest BCUT2D eigenvalue weighted by Crippen LogP contribution is -2.35. The number of hydrogen-bond donors (Lipinski definition) is 1. The van der Waals surface area contributed by atoms with E-state index in [9.17, 15) is 8.42 Å². The van der Waals surface area contributed by atoms with E-state index in [2.05, 4.69) is 5.32 Å². The fourth-order valence-corrected chi connectivity index (χ4v) is 4.17. The van der Waals surface area contributed by atoms with Gasteiger partial charge in [-0.05, 0) is 37.1 Å². The Hall–Kier alpha value is -1.79. The molecule has 0 saturated carbocycles. The van der Waals surface area contributed by atoms with Crippen molar-refractivity contribution in [3.05, 3.63) is 53.5 Å². The second-order valence-corrected chi connectivity index (χ2v) is 7.47. The van der Waals surface area contributed by atoms with Crippen molar-refractivity contribution in [1.29, 1.82) is 0 Å². The highest BCUT2D eigenvalue weighted by molar-refractivity contribution is 7.92. The molecule has 0 bridgehead atoms. The molecule has 2 heterocycles. The van der Waals surface area contributed by atoms with Crippen molar-refractivity contribution in [2.24, 2.45) is 0 Å². The normalized spacial score (nSPS) is 14.3. The molecule has 5 nitrogen and oxygen atoms in total.